The average Bonchev–Trinajstić information content (AvgIpc) is 3.24. The number of fused-ring (bicyclic) bond motifs is 1. The van der Waals surface area contributed by atoms with Crippen LogP contribution < -0.4 is 10.2 Å². The molecule has 8 nitrogen and oxygen atoms in total. The minimum atomic E-state index is -0.346. The molecule has 1 atom stereocenters. The maximum absolute atomic E-state index is 13.7. The van der Waals surface area contributed by atoms with Gasteiger partial charge in [0.05, 0.1) is 13.1 Å². The lowest BCUT2D eigenvalue weighted by Gasteiger charge is -2.30. The first-order valence-corrected chi connectivity index (χ1v) is 10.8. The fourth-order valence-corrected chi connectivity index (χ4v) is 4.28. The van der Waals surface area contributed by atoms with Gasteiger partial charge in [-0.2, -0.15) is 0 Å². The van der Waals surface area contributed by atoms with Gasteiger partial charge < -0.3 is 10.2 Å². The monoisotopic (exact) mass is 439 g/mol. The first-order chi connectivity index (χ1) is 15.3. The minimum absolute atomic E-state index is 0.0258. The molecule has 9 heteroatoms. The quantitative estimate of drug-likeness (QED) is 0.767. The fourth-order valence-electron chi connectivity index (χ4n) is 4.28. The molecule has 0 aliphatic carbocycles. The third-order valence-electron chi connectivity index (χ3n) is 5.98. The van der Waals surface area contributed by atoms with Crippen molar-refractivity contribution in [1.29, 1.82) is 0 Å². The van der Waals surface area contributed by atoms with Gasteiger partial charge in [-0.1, -0.05) is 12.1 Å². The Morgan fingerprint density at radius 3 is 2.81 bits per heavy atom. The zero-order valence-corrected chi connectivity index (χ0v) is 18.2. The van der Waals surface area contributed by atoms with E-state index in [9.17, 15) is 18.8 Å². The molecule has 0 saturated carbocycles. The molecule has 3 amide bonds. The third-order valence-corrected chi connectivity index (χ3v) is 5.98. The smallest absolute Gasteiger partial charge is 0.241 e. The largest absolute Gasteiger partial charge is 0.347 e. The number of rotatable bonds is 5. The van der Waals surface area contributed by atoms with Crippen LogP contribution in [-0.2, 0) is 27.3 Å². The van der Waals surface area contributed by atoms with E-state index in [2.05, 4.69) is 5.32 Å². The minimum Gasteiger partial charge on any atom is -0.347 e. The lowest BCUT2D eigenvalue weighted by atomic mass is 10.0. The van der Waals surface area contributed by atoms with Gasteiger partial charge >= 0.3 is 0 Å². The van der Waals surface area contributed by atoms with Crippen molar-refractivity contribution in [2.24, 2.45) is 0 Å². The van der Waals surface area contributed by atoms with Crippen molar-refractivity contribution in [1.82, 2.24) is 20.2 Å². The molecule has 1 fully saturated rings. The van der Waals surface area contributed by atoms with Crippen LogP contribution in [0.15, 0.2) is 24.3 Å². The summed E-state index contributed by atoms with van der Waals surface area (Å²) in [5.74, 6) is 0.358. The molecule has 0 unspecified atom stereocenters. The van der Waals surface area contributed by atoms with Gasteiger partial charge in [-0.25, -0.2) is 14.4 Å². The number of aryl methyl sites for hydroxylation is 1. The molecule has 168 valence electrons. The maximum atomic E-state index is 13.7. The number of benzene rings is 1. The Morgan fingerprint density at radius 2 is 2.06 bits per heavy atom. The van der Waals surface area contributed by atoms with Crippen molar-refractivity contribution in [2.45, 2.75) is 45.6 Å². The van der Waals surface area contributed by atoms with Crippen LogP contribution >= 0.6 is 0 Å². The molecule has 32 heavy (non-hydrogen) atoms. The zero-order chi connectivity index (χ0) is 22.8. The van der Waals surface area contributed by atoms with E-state index in [0.717, 1.165) is 11.3 Å². The van der Waals surface area contributed by atoms with Gasteiger partial charge in [-0.05, 0) is 37.5 Å². The van der Waals surface area contributed by atoms with E-state index in [4.69, 9.17) is 9.97 Å². The van der Waals surface area contributed by atoms with Crippen LogP contribution in [0.3, 0.4) is 0 Å². The van der Waals surface area contributed by atoms with Crippen molar-refractivity contribution >= 4 is 23.5 Å². The van der Waals surface area contributed by atoms with E-state index in [0.29, 0.717) is 49.6 Å². The fraction of sp³-hybridized carbons (Fsp3) is 0.435. The predicted octanol–water partition coefficient (Wildman–Crippen LogP) is 1.86. The topological polar surface area (TPSA) is 95.5 Å². The highest BCUT2D eigenvalue weighted by Crippen LogP contribution is 2.33. The van der Waals surface area contributed by atoms with Crippen molar-refractivity contribution < 1.29 is 18.8 Å². The number of hydrogen-bond acceptors (Lipinski definition) is 5. The summed E-state index contributed by atoms with van der Waals surface area (Å²) in [5.41, 5.74) is 2.45. The predicted molar refractivity (Wildman–Crippen MR) is 115 cm³/mol. The van der Waals surface area contributed by atoms with Crippen molar-refractivity contribution in [2.75, 3.05) is 24.5 Å². The Bertz CT molecular complexity index is 1070. The van der Waals surface area contributed by atoms with Gasteiger partial charge in [0, 0.05) is 43.6 Å². The average molecular weight is 439 g/mol. The number of carbonyl (C=O) groups excluding carboxylic acids is 3. The van der Waals surface area contributed by atoms with Crippen molar-refractivity contribution in [3.05, 3.63) is 52.7 Å². The lowest BCUT2D eigenvalue weighted by Crippen LogP contribution is -2.38. The third kappa shape index (κ3) is 4.61. The summed E-state index contributed by atoms with van der Waals surface area (Å²) in [6.07, 6.45) is 1.65. The number of hydrogen-bond donors (Lipinski definition) is 1. The first-order valence-electron chi connectivity index (χ1n) is 10.8. The van der Waals surface area contributed by atoms with Gasteiger partial charge in [0.1, 0.15) is 17.5 Å². The molecule has 0 spiro atoms. The Labute approximate surface area is 185 Å². The number of aromatic nitrogens is 2. The van der Waals surface area contributed by atoms with E-state index in [1.807, 2.05) is 6.92 Å². The lowest BCUT2D eigenvalue weighted by molar-refractivity contribution is -0.131. The van der Waals surface area contributed by atoms with Crippen LogP contribution in [0.4, 0.5) is 10.2 Å². The molecule has 1 aromatic heterocycles. The van der Waals surface area contributed by atoms with E-state index >= 15 is 0 Å². The normalized spacial score (nSPS) is 18.0. The molecule has 3 heterocycles. The van der Waals surface area contributed by atoms with E-state index in [1.165, 1.54) is 19.1 Å². The summed E-state index contributed by atoms with van der Waals surface area (Å²) in [6, 6.07) is 6.21. The summed E-state index contributed by atoms with van der Waals surface area (Å²) in [6.45, 7) is 4.53. The van der Waals surface area contributed by atoms with E-state index in [1.54, 1.807) is 21.9 Å². The Morgan fingerprint density at radius 1 is 1.25 bits per heavy atom. The number of nitrogens with one attached hydrogen (secondary N) is 1. The van der Waals surface area contributed by atoms with Gasteiger partial charge in [-0.3, -0.25) is 19.3 Å². The second-order valence-electron chi connectivity index (χ2n) is 8.31. The molecule has 2 aromatic rings. The van der Waals surface area contributed by atoms with Crippen LogP contribution in [0.1, 0.15) is 48.3 Å². The number of halogens is 1. The molecule has 1 saturated heterocycles. The molecular weight excluding hydrogens is 413 g/mol. The second kappa shape index (κ2) is 9.02. The van der Waals surface area contributed by atoms with Crippen LogP contribution in [0.5, 0.6) is 0 Å². The number of carbonyl (C=O) groups is 3. The van der Waals surface area contributed by atoms with Crippen molar-refractivity contribution in [3.63, 3.8) is 0 Å². The molecule has 4 rings (SSSR count). The highest BCUT2D eigenvalue weighted by Gasteiger charge is 2.33. The Kier molecular flexibility index (Phi) is 6.16. The molecular formula is C23H26FN5O3. The summed E-state index contributed by atoms with van der Waals surface area (Å²) in [7, 11) is 0. The summed E-state index contributed by atoms with van der Waals surface area (Å²) in [5, 5.41) is 2.53. The highest BCUT2D eigenvalue weighted by atomic mass is 19.1. The maximum Gasteiger partial charge on any atom is 0.241 e. The molecule has 1 aromatic carbocycles. The van der Waals surface area contributed by atoms with E-state index < -0.39 is 0 Å². The SMILES string of the molecule is CC(=O)NCC(=O)N1CC[C@H](c2nc(C)c3c(n2)N(Cc2cccc(F)c2)C(=O)CC3)C1. The Hall–Kier alpha value is -3.36. The molecule has 0 radical (unpaired) electrons. The van der Waals surface area contributed by atoms with Gasteiger partial charge in [-0.15, -0.1) is 0 Å². The van der Waals surface area contributed by atoms with Gasteiger partial charge in [0.2, 0.25) is 17.7 Å². The zero-order valence-electron chi connectivity index (χ0n) is 18.2. The first kappa shape index (κ1) is 21.9. The number of amides is 3. The van der Waals surface area contributed by atoms with Crippen LogP contribution in [-0.4, -0.2) is 52.2 Å². The molecule has 2 aliphatic rings. The Balaban J connectivity index is 1.57. The van der Waals surface area contributed by atoms with Crippen LogP contribution in [0.2, 0.25) is 0 Å². The summed E-state index contributed by atoms with van der Waals surface area (Å²) < 4.78 is 13.7. The molecule has 2 aliphatic heterocycles. The molecule has 1 N–H and O–H groups in total. The summed E-state index contributed by atoms with van der Waals surface area (Å²) in [4.78, 5) is 48.9. The second-order valence-corrected chi connectivity index (χ2v) is 8.31. The van der Waals surface area contributed by atoms with Crippen LogP contribution in [0, 0.1) is 12.7 Å². The van der Waals surface area contributed by atoms with E-state index in [-0.39, 0.29) is 42.5 Å². The molecule has 0 bridgehead atoms. The standard InChI is InChI=1S/C23H26FN5O3/c1-14-19-6-7-20(31)29(12-16-4-3-5-18(24)10-16)23(19)27-22(26-14)17-8-9-28(13-17)21(32)11-25-15(2)30/h3-5,10,17H,6-9,11-13H2,1-2H3,(H,25,30)/t17-/m0/s1. The number of anilines is 1. The number of nitrogens with zero attached hydrogens (tertiary/aromatic N) is 4. The van der Waals surface area contributed by atoms with Gasteiger partial charge in [0.15, 0.2) is 0 Å². The highest BCUT2D eigenvalue weighted by molar-refractivity contribution is 5.95. The van der Waals surface area contributed by atoms with Gasteiger partial charge in [0.25, 0.3) is 0 Å². The summed E-state index contributed by atoms with van der Waals surface area (Å²) >= 11 is 0. The number of likely N-dealkylation sites (tertiary alicyclic amines) is 1. The van der Waals surface area contributed by atoms with Crippen LogP contribution in [0.25, 0.3) is 0 Å². The van der Waals surface area contributed by atoms with Crippen molar-refractivity contribution in [3.8, 4) is 0 Å².